The van der Waals surface area contributed by atoms with Crippen molar-refractivity contribution in [1.82, 2.24) is 0 Å². The molecule has 180 valence electrons. The van der Waals surface area contributed by atoms with E-state index in [2.05, 4.69) is 31.2 Å². The minimum absolute atomic E-state index is 0.156. The van der Waals surface area contributed by atoms with Gasteiger partial charge < -0.3 is 19.3 Å². The third-order valence-electron chi connectivity index (χ3n) is 5.40. The van der Waals surface area contributed by atoms with Crippen LogP contribution in [0.25, 0.3) is 11.1 Å². The van der Waals surface area contributed by atoms with Crippen molar-refractivity contribution in [2.75, 3.05) is 19.5 Å². The number of ether oxygens (including phenoxy) is 3. The Hall–Kier alpha value is -3.12. The van der Waals surface area contributed by atoms with Crippen LogP contribution in [0.15, 0.2) is 71.6 Å². The number of aryl methyl sites for hydroxylation is 1. The van der Waals surface area contributed by atoms with E-state index in [0.29, 0.717) is 5.75 Å². The van der Waals surface area contributed by atoms with Gasteiger partial charge in [0.05, 0.1) is 13.2 Å². The van der Waals surface area contributed by atoms with E-state index >= 15 is 0 Å². The van der Waals surface area contributed by atoms with Crippen LogP contribution in [0.1, 0.15) is 31.7 Å². The van der Waals surface area contributed by atoms with Crippen molar-refractivity contribution in [2.24, 2.45) is 0 Å². The van der Waals surface area contributed by atoms with Crippen molar-refractivity contribution in [3.8, 4) is 28.4 Å². The summed E-state index contributed by atoms with van der Waals surface area (Å²) in [6, 6.07) is 22.1. The molecule has 34 heavy (non-hydrogen) atoms. The summed E-state index contributed by atoms with van der Waals surface area (Å²) in [5.74, 6) is 2.30. The van der Waals surface area contributed by atoms with Gasteiger partial charge in [-0.1, -0.05) is 37.6 Å². The van der Waals surface area contributed by atoms with Crippen molar-refractivity contribution in [1.29, 1.82) is 0 Å². The Labute approximate surface area is 206 Å². The van der Waals surface area contributed by atoms with E-state index in [0.717, 1.165) is 58.1 Å². The quantitative estimate of drug-likeness (QED) is 0.270. The highest BCUT2D eigenvalue weighted by Crippen LogP contribution is 2.28. The minimum Gasteiger partial charge on any atom is -0.497 e. The molecule has 0 heterocycles. The third-order valence-corrected chi connectivity index (χ3v) is 6.42. The van der Waals surface area contributed by atoms with Crippen LogP contribution < -0.4 is 14.2 Å². The second kappa shape index (κ2) is 12.9. The minimum atomic E-state index is -0.977. The lowest BCUT2D eigenvalue weighted by atomic mass is 10.1. The number of benzene rings is 3. The lowest BCUT2D eigenvalue weighted by Gasteiger charge is -2.19. The molecule has 3 rings (SSSR count). The van der Waals surface area contributed by atoms with E-state index in [4.69, 9.17) is 19.3 Å². The molecule has 0 saturated carbocycles. The van der Waals surface area contributed by atoms with E-state index in [-0.39, 0.29) is 12.7 Å². The molecular formula is C28H32O5S. The fraction of sp³-hybridized carbons (Fsp3) is 0.321. The first kappa shape index (κ1) is 25.5. The summed E-state index contributed by atoms with van der Waals surface area (Å²) in [7, 11) is 1.67. The molecular weight excluding hydrogens is 448 g/mol. The summed E-state index contributed by atoms with van der Waals surface area (Å²) in [6.45, 7) is 3.78. The van der Waals surface area contributed by atoms with Gasteiger partial charge in [0.1, 0.15) is 17.2 Å². The van der Waals surface area contributed by atoms with E-state index in [1.807, 2.05) is 49.4 Å². The van der Waals surface area contributed by atoms with Crippen LogP contribution in [0.5, 0.6) is 17.2 Å². The number of thioether (sulfide) groups is 1. The highest BCUT2D eigenvalue weighted by molar-refractivity contribution is 7.99. The molecule has 6 heteroatoms. The van der Waals surface area contributed by atoms with Gasteiger partial charge in [0.2, 0.25) is 0 Å². The molecule has 1 atom stereocenters. The highest BCUT2D eigenvalue weighted by atomic mass is 32.2. The maximum absolute atomic E-state index is 10.7. The predicted octanol–water partition coefficient (Wildman–Crippen LogP) is 6.86. The molecule has 0 aliphatic rings. The summed E-state index contributed by atoms with van der Waals surface area (Å²) in [4.78, 5) is 11.8. The predicted molar refractivity (Wildman–Crippen MR) is 137 cm³/mol. The normalized spacial score (nSPS) is 11.6. The van der Waals surface area contributed by atoms with Gasteiger partial charge in [-0.25, -0.2) is 4.79 Å². The average molecular weight is 481 g/mol. The van der Waals surface area contributed by atoms with Crippen molar-refractivity contribution in [3.05, 3.63) is 72.3 Å². The summed E-state index contributed by atoms with van der Waals surface area (Å²) in [5.41, 5.74) is 3.22. The summed E-state index contributed by atoms with van der Waals surface area (Å²) in [6.07, 6.45) is 3.16. The van der Waals surface area contributed by atoms with Crippen LogP contribution in [0.4, 0.5) is 0 Å². The van der Waals surface area contributed by atoms with Gasteiger partial charge in [0, 0.05) is 10.6 Å². The number of hydrogen-bond donors (Lipinski definition) is 1. The number of carboxylic acid groups (broad SMARTS) is 1. The molecule has 0 amide bonds. The number of carbonyl (C=O) groups is 1. The van der Waals surface area contributed by atoms with Gasteiger partial charge in [-0.3, -0.25) is 0 Å². The van der Waals surface area contributed by atoms with Gasteiger partial charge in [-0.05, 0) is 78.9 Å². The molecule has 5 nitrogen and oxygen atoms in total. The van der Waals surface area contributed by atoms with Crippen molar-refractivity contribution >= 4 is 17.7 Å². The van der Waals surface area contributed by atoms with Crippen LogP contribution in [-0.4, -0.2) is 36.6 Å². The summed E-state index contributed by atoms with van der Waals surface area (Å²) < 4.78 is 16.8. The van der Waals surface area contributed by atoms with Gasteiger partial charge in [0.25, 0.3) is 0 Å². The van der Waals surface area contributed by atoms with E-state index in [9.17, 15) is 4.79 Å². The molecule has 1 unspecified atom stereocenters. The molecule has 0 spiro atoms. The smallest absolute Gasteiger partial charge is 0.341 e. The van der Waals surface area contributed by atoms with Crippen LogP contribution >= 0.6 is 11.8 Å². The maximum Gasteiger partial charge on any atom is 0.341 e. The van der Waals surface area contributed by atoms with Gasteiger partial charge >= 0.3 is 5.97 Å². The standard InChI is InChI=1S/C28H32O5S/c1-4-5-24(16-17-34-26-14-15-27(20(2)18-26)32-19-28(29)30)33-25-12-8-22(9-13-25)21-6-10-23(31-3)11-7-21/h6-15,18,24H,4-5,16-17,19H2,1-3H3,(H,29,30). The van der Waals surface area contributed by atoms with Crippen molar-refractivity contribution < 1.29 is 24.1 Å². The molecule has 0 aliphatic carbocycles. The molecule has 1 N–H and O–H groups in total. The first-order valence-electron chi connectivity index (χ1n) is 11.5. The van der Waals surface area contributed by atoms with E-state index < -0.39 is 5.97 Å². The van der Waals surface area contributed by atoms with Crippen molar-refractivity contribution in [3.63, 3.8) is 0 Å². The van der Waals surface area contributed by atoms with Crippen LogP contribution in [0.2, 0.25) is 0 Å². The second-order valence-electron chi connectivity index (χ2n) is 8.03. The van der Waals surface area contributed by atoms with Crippen LogP contribution in [-0.2, 0) is 4.79 Å². The van der Waals surface area contributed by atoms with E-state index in [1.54, 1.807) is 18.9 Å². The fourth-order valence-electron chi connectivity index (χ4n) is 3.61. The molecule has 3 aromatic rings. The monoisotopic (exact) mass is 480 g/mol. The molecule has 0 aromatic heterocycles. The molecule has 0 aliphatic heterocycles. The topological polar surface area (TPSA) is 65.0 Å². The lowest BCUT2D eigenvalue weighted by molar-refractivity contribution is -0.139. The number of aliphatic carboxylic acids is 1. The second-order valence-corrected chi connectivity index (χ2v) is 9.20. The first-order chi connectivity index (χ1) is 16.5. The molecule has 0 saturated heterocycles. The Balaban J connectivity index is 1.53. The third kappa shape index (κ3) is 7.73. The molecule has 0 bridgehead atoms. The van der Waals surface area contributed by atoms with Gasteiger partial charge in [-0.2, -0.15) is 0 Å². The Bertz CT molecular complexity index is 1050. The molecule has 0 fully saturated rings. The largest absolute Gasteiger partial charge is 0.497 e. The van der Waals surface area contributed by atoms with Crippen molar-refractivity contribution in [2.45, 2.75) is 44.1 Å². The van der Waals surface area contributed by atoms with Gasteiger partial charge in [0.15, 0.2) is 6.61 Å². The number of rotatable bonds is 13. The zero-order valence-electron chi connectivity index (χ0n) is 20.0. The van der Waals surface area contributed by atoms with Crippen LogP contribution in [0.3, 0.4) is 0 Å². The average Bonchev–Trinajstić information content (AvgIpc) is 2.84. The zero-order chi connectivity index (χ0) is 24.3. The molecule has 3 aromatic carbocycles. The first-order valence-corrected chi connectivity index (χ1v) is 12.5. The van der Waals surface area contributed by atoms with E-state index in [1.165, 1.54) is 0 Å². The highest BCUT2D eigenvalue weighted by Gasteiger charge is 2.11. The summed E-state index contributed by atoms with van der Waals surface area (Å²) in [5, 5.41) is 8.78. The Morgan fingerprint density at radius 1 is 0.941 bits per heavy atom. The number of methoxy groups -OCH3 is 1. The number of carboxylic acids is 1. The summed E-state index contributed by atoms with van der Waals surface area (Å²) >= 11 is 1.77. The van der Waals surface area contributed by atoms with Gasteiger partial charge in [-0.15, -0.1) is 11.8 Å². The van der Waals surface area contributed by atoms with Crippen LogP contribution in [0, 0.1) is 6.92 Å². The Morgan fingerprint density at radius 2 is 1.59 bits per heavy atom. The Kier molecular flexibility index (Phi) is 9.71. The fourth-order valence-corrected chi connectivity index (χ4v) is 4.65. The lowest BCUT2D eigenvalue weighted by Crippen LogP contribution is -2.17. The SMILES string of the molecule is CCCC(CCSc1ccc(OCC(=O)O)c(C)c1)Oc1ccc(-c2ccc(OC)cc2)cc1. The Morgan fingerprint density at radius 3 is 2.15 bits per heavy atom. The zero-order valence-corrected chi connectivity index (χ0v) is 20.8. The molecule has 0 radical (unpaired) electrons. The maximum atomic E-state index is 10.7. The number of hydrogen-bond acceptors (Lipinski definition) is 5.